The Morgan fingerprint density at radius 2 is 1.94 bits per heavy atom. The van der Waals surface area contributed by atoms with Crippen LogP contribution in [0.5, 0.6) is 0 Å². The fourth-order valence-corrected chi connectivity index (χ4v) is 5.11. The normalized spacial score (nSPS) is 22.4. The number of carbonyl (C=O) groups is 2. The summed E-state index contributed by atoms with van der Waals surface area (Å²) in [5.41, 5.74) is 3.18. The molecule has 0 radical (unpaired) electrons. The van der Waals surface area contributed by atoms with E-state index in [1.165, 1.54) is 4.90 Å². The third-order valence-electron chi connectivity index (χ3n) is 6.72. The molecular formula is C24H30ClN5O2. The molecule has 0 saturated carbocycles. The second kappa shape index (κ2) is 9.08. The van der Waals surface area contributed by atoms with E-state index >= 15 is 0 Å². The molecule has 1 aromatic heterocycles. The third kappa shape index (κ3) is 4.19. The van der Waals surface area contributed by atoms with Gasteiger partial charge in [0.05, 0.1) is 18.4 Å². The average Bonchev–Trinajstić information content (AvgIpc) is 3.33. The third-order valence-corrected chi connectivity index (χ3v) is 6.97. The lowest BCUT2D eigenvalue weighted by molar-refractivity contribution is -0.134. The fraction of sp³-hybridized carbons (Fsp3) is 0.458. The number of rotatable bonds is 7. The molecule has 2 aliphatic rings. The van der Waals surface area contributed by atoms with E-state index in [1.54, 1.807) is 0 Å². The van der Waals surface area contributed by atoms with E-state index < -0.39 is 5.54 Å². The van der Waals surface area contributed by atoms with Crippen molar-refractivity contribution in [1.29, 1.82) is 0 Å². The molecule has 7 nitrogen and oxygen atoms in total. The quantitative estimate of drug-likeness (QED) is 0.483. The van der Waals surface area contributed by atoms with Gasteiger partial charge in [-0.05, 0) is 62.9 Å². The number of piperidine rings is 1. The van der Waals surface area contributed by atoms with Gasteiger partial charge in [-0.3, -0.25) is 19.7 Å². The number of hydrogen-bond donors (Lipinski definition) is 2. The lowest BCUT2D eigenvalue weighted by Crippen LogP contribution is -2.55. The number of halogens is 1. The van der Waals surface area contributed by atoms with Crippen LogP contribution in [0.3, 0.4) is 0 Å². The number of carbonyl (C=O) groups excluding carboxylic acids is 2. The van der Waals surface area contributed by atoms with Crippen LogP contribution in [-0.2, 0) is 11.3 Å². The minimum atomic E-state index is -0.803. The van der Waals surface area contributed by atoms with Crippen molar-refractivity contribution in [3.63, 3.8) is 0 Å². The molecule has 0 aliphatic carbocycles. The van der Waals surface area contributed by atoms with Crippen molar-refractivity contribution in [3.05, 3.63) is 53.2 Å². The highest BCUT2D eigenvalue weighted by Gasteiger charge is 2.54. The van der Waals surface area contributed by atoms with Gasteiger partial charge in [0, 0.05) is 17.1 Å². The van der Waals surface area contributed by atoms with Crippen LogP contribution in [0, 0.1) is 5.92 Å². The van der Waals surface area contributed by atoms with Crippen molar-refractivity contribution in [2.75, 3.05) is 19.6 Å². The van der Waals surface area contributed by atoms with Gasteiger partial charge in [-0.15, -0.1) is 0 Å². The molecule has 0 spiro atoms. The molecule has 0 bridgehead atoms. The Labute approximate surface area is 193 Å². The Hall–Kier alpha value is -2.64. The maximum absolute atomic E-state index is 13.2. The molecule has 2 saturated heterocycles. The Morgan fingerprint density at radius 3 is 2.56 bits per heavy atom. The fourth-order valence-electron chi connectivity index (χ4n) is 4.99. The van der Waals surface area contributed by atoms with Gasteiger partial charge in [-0.2, -0.15) is 5.10 Å². The summed E-state index contributed by atoms with van der Waals surface area (Å²) in [5, 5.41) is 11.1. The first kappa shape index (κ1) is 22.6. The number of benzene rings is 1. The number of urea groups is 1. The van der Waals surface area contributed by atoms with Crippen molar-refractivity contribution in [1.82, 2.24) is 25.3 Å². The van der Waals surface area contributed by atoms with Crippen LogP contribution >= 0.6 is 11.6 Å². The first-order valence-electron chi connectivity index (χ1n) is 11.1. The molecule has 170 valence electrons. The van der Waals surface area contributed by atoms with E-state index in [4.69, 9.17) is 11.6 Å². The van der Waals surface area contributed by atoms with E-state index in [9.17, 15) is 9.59 Å². The van der Waals surface area contributed by atoms with Gasteiger partial charge < -0.3 is 5.32 Å². The molecule has 1 unspecified atom stereocenters. The smallest absolute Gasteiger partial charge is 0.323 e. The van der Waals surface area contributed by atoms with Crippen molar-refractivity contribution in [2.24, 2.45) is 5.92 Å². The van der Waals surface area contributed by atoms with Gasteiger partial charge in [-0.25, -0.2) is 4.79 Å². The molecule has 2 aliphatic heterocycles. The summed E-state index contributed by atoms with van der Waals surface area (Å²) in [6.07, 6.45) is 4.18. The maximum atomic E-state index is 13.2. The number of hydrogen-bond acceptors (Lipinski definition) is 4. The summed E-state index contributed by atoms with van der Waals surface area (Å²) in [4.78, 5) is 29.5. The van der Waals surface area contributed by atoms with Crippen LogP contribution in [0.1, 0.15) is 38.7 Å². The highest BCUT2D eigenvalue weighted by atomic mass is 35.5. The van der Waals surface area contributed by atoms with Crippen LogP contribution in [0.4, 0.5) is 4.79 Å². The van der Waals surface area contributed by atoms with Gasteiger partial charge in [0.25, 0.3) is 5.91 Å². The first-order valence-corrected chi connectivity index (χ1v) is 11.5. The molecule has 8 heteroatoms. The van der Waals surface area contributed by atoms with E-state index in [0.29, 0.717) is 11.4 Å². The number of nitrogens with zero attached hydrogens (tertiary/aromatic N) is 3. The number of imide groups is 1. The van der Waals surface area contributed by atoms with Crippen molar-refractivity contribution < 1.29 is 9.59 Å². The van der Waals surface area contributed by atoms with Crippen LogP contribution in [-0.4, -0.2) is 57.1 Å². The van der Waals surface area contributed by atoms with E-state index in [2.05, 4.69) is 27.0 Å². The van der Waals surface area contributed by atoms with E-state index in [-0.39, 0.29) is 24.4 Å². The Kier molecular flexibility index (Phi) is 6.40. The highest BCUT2D eigenvalue weighted by Crippen LogP contribution is 2.37. The number of aromatic amines is 1. The van der Waals surface area contributed by atoms with Crippen LogP contribution in [0.25, 0.3) is 11.3 Å². The highest BCUT2D eigenvalue weighted by molar-refractivity contribution is 6.30. The SMILES string of the molecule is C=C(C)CN1C(=O)NC(CC)(C2CCN(Cc3cn[nH]c3-c3ccc(Cl)cc3)CC2)C1=O. The molecule has 1 aromatic carbocycles. The largest absolute Gasteiger partial charge is 0.325 e. The molecule has 1 atom stereocenters. The second-order valence-corrected chi connectivity index (χ2v) is 9.37. The van der Waals surface area contributed by atoms with Gasteiger partial charge in [0.1, 0.15) is 5.54 Å². The number of likely N-dealkylation sites (tertiary alicyclic amines) is 1. The van der Waals surface area contributed by atoms with E-state index in [0.717, 1.165) is 54.9 Å². The van der Waals surface area contributed by atoms with Crippen LogP contribution in [0.2, 0.25) is 5.02 Å². The zero-order valence-electron chi connectivity index (χ0n) is 18.7. The summed E-state index contributed by atoms with van der Waals surface area (Å²) in [7, 11) is 0. The number of amides is 3. The van der Waals surface area contributed by atoms with Crippen LogP contribution < -0.4 is 5.32 Å². The lowest BCUT2D eigenvalue weighted by atomic mass is 9.75. The van der Waals surface area contributed by atoms with Crippen molar-refractivity contribution in [3.8, 4) is 11.3 Å². The Balaban J connectivity index is 1.42. The number of aromatic nitrogens is 2. The summed E-state index contributed by atoms with van der Waals surface area (Å²) in [6.45, 7) is 10.5. The molecule has 4 rings (SSSR count). The van der Waals surface area contributed by atoms with E-state index in [1.807, 2.05) is 44.3 Å². The molecule has 32 heavy (non-hydrogen) atoms. The molecule has 2 fully saturated rings. The molecule has 3 heterocycles. The summed E-state index contributed by atoms with van der Waals surface area (Å²) < 4.78 is 0. The minimum absolute atomic E-state index is 0.105. The minimum Gasteiger partial charge on any atom is -0.323 e. The van der Waals surface area contributed by atoms with Crippen molar-refractivity contribution in [2.45, 2.75) is 45.2 Å². The summed E-state index contributed by atoms with van der Waals surface area (Å²) in [6, 6.07) is 7.43. The number of nitrogens with one attached hydrogen (secondary N) is 2. The molecule has 3 amide bonds. The van der Waals surface area contributed by atoms with Crippen molar-refractivity contribution >= 4 is 23.5 Å². The second-order valence-electron chi connectivity index (χ2n) is 8.93. The van der Waals surface area contributed by atoms with Gasteiger partial charge in [-0.1, -0.05) is 42.8 Å². The summed E-state index contributed by atoms with van der Waals surface area (Å²) in [5.74, 6) is 0.0155. The molecule has 2 N–H and O–H groups in total. The zero-order valence-corrected chi connectivity index (χ0v) is 19.4. The summed E-state index contributed by atoms with van der Waals surface area (Å²) >= 11 is 6.02. The number of H-pyrrole nitrogens is 1. The Bertz CT molecular complexity index is 1010. The van der Waals surface area contributed by atoms with Gasteiger partial charge in [0.15, 0.2) is 0 Å². The predicted molar refractivity (Wildman–Crippen MR) is 125 cm³/mol. The molecular weight excluding hydrogens is 426 g/mol. The standard InChI is InChI=1S/C24H30ClN5O2/c1-4-24(22(31)30(14-16(2)3)23(32)27-24)19-9-11-29(12-10-19)15-18-13-26-28-21(18)17-5-7-20(25)8-6-17/h5-8,13,19H,2,4,9-12,14-15H2,1,3H3,(H,26,28)(H,27,32). The van der Waals surface area contributed by atoms with Crippen LogP contribution in [0.15, 0.2) is 42.6 Å². The molecule has 2 aromatic rings. The topological polar surface area (TPSA) is 81.3 Å². The average molecular weight is 456 g/mol. The van der Waals surface area contributed by atoms with Gasteiger partial charge >= 0.3 is 6.03 Å². The Morgan fingerprint density at radius 1 is 1.25 bits per heavy atom. The monoisotopic (exact) mass is 455 g/mol. The van der Waals surface area contributed by atoms with Gasteiger partial charge in [0.2, 0.25) is 0 Å². The predicted octanol–water partition coefficient (Wildman–Crippen LogP) is 4.22. The first-order chi connectivity index (χ1) is 15.3. The maximum Gasteiger partial charge on any atom is 0.325 e. The lowest BCUT2D eigenvalue weighted by Gasteiger charge is -2.40. The zero-order chi connectivity index (χ0) is 22.9.